The van der Waals surface area contributed by atoms with E-state index in [9.17, 15) is 18.8 Å². The number of carbonyl (C=O) groups is 3. The number of ether oxygens (including phenoxy) is 1. The Bertz CT molecular complexity index is 1130. The van der Waals surface area contributed by atoms with Crippen molar-refractivity contribution in [1.82, 2.24) is 14.5 Å². The summed E-state index contributed by atoms with van der Waals surface area (Å²) in [5, 5.41) is -0.0854. The normalized spacial score (nSPS) is 20.5. The molecule has 186 valence electrons. The third kappa shape index (κ3) is 6.27. The van der Waals surface area contributed by atoms with Crippen LogP contribution < -0.4 is 0 Å². The molecule has 7 nitrogen and oxygen atoms in total. The standard InChI is InChI=1S/C26H30FN3O4S/c1-3-34-24(32)16-29-13-11-28-23(29)14-19-15-30(12-10-22(19)35-17(2)31)25(26(33)18-8-9-18)20-6-4-5-7-21(20)27/h4-7,11,13-14,18,22,25H,3,8-10,12,15-16H2,1-2H3. The van der Waals surface area contributed by atoms with Crippen LogP contribution in [0.2, 0.25) is 0 Å². The van der Waals surface area contributed by atoms with Gasteiger partial charge in [0.1, 0.15) is 18.2 Å². The van der Waals surface area contributed by atoms with Crippen LogP contribution >= 0.6 is 11.8 Å². The van der Waals surface area contributed by atoms with E-state index in [1.807, 2.05) is 11.0 Å². The summed E-state index contributed by atoms with van der Waals surface area (Å²) in [7, 11) is 0. The molecule has 2 atom stereocenters. The van der Waals surface area contributed by atoms with E-state index < -0.39 is 6.04 Å². The van der Waals surface area contributed by atoms with Crippen LogP contribution in [-0.2, 0) is 25.7 Å². The fraction of sp³-hybridized carbons (Fsp3) is 0.462. The molecule has 2 unspecified atom stereocenters. The molecule has 4 rings (SSSR count). The summed E-state index contributed by atoms with van der Waals surface area (Å²) in [6.07, 6.45) is 7.51. The number of nitrogens with zero attached hydrogens (tertiary/aromatic N) is 3. The number of Topliss-reactive ketones (excluding diaryl/α,β-unsaturated/α-hetero) is 1. The van der Waals surface area contributed by atoms with Gasteiger partial charge in [0.2, 0.25) is 0 Å². The van der Waals surface area contributed by atoms with E-state index in [-0.39, 0.29) is 40.4 Å². The van der Waals surface area contributed by atoms with Crippen molar-refractivity contribution in [3.63, 3.8) is 0 Å². The zero-order valence-electron chi connectivity index (χ0n) is 20.0. The Morgan fingerprint density at radius 3 is 2.71 bits per heavy atom. The maximum absolute atomic E-state index is 14.8. The van der Waals surface area contributed by atoms with Crippen molar-refractivity contribution in [3.8, 4) is 0 Å². The average molecular weight is 500 g/mol. The number of imidazole rings is 1. The summed E-state index contributed by atoms with van der Waals surface area (Å²) in [6.45, 7) is 4.58. The van der Waals surface area contributed by atoms with E-state index >= 15 is 0 Å². The lowest BCUT2D eigenvalue weighted by molar-refractivity contribution is -0.143. The predicted molar refractivity (Wildman–Crippen MR) is 132 cm³/mol. The molecule has 0 amide bonds. The maximum Gasteiger partial charge on any atom is 0.325 e. The number of likely N-dealkylation sites (tertiary alicyclic amines) is 1. The largest absolute Gasteiger partial charge is 0.465 e. The van der Waals surface area contributed by atoms with Crippen LogP contribution in [0.4, 0.5) is 4.39 Å². The lowest BCUT2D eigenvalue weighted by Gasteiger charge is -2.38. The number of hydrogen-bond acceptors (Lipinski definition) is 7. The van der Waals surface area contributed by atoms with Gasteiger partial charge in [-0.25, -0.2) is 9.37 Å². The minimum Gasteiger partial charge on any atom is -0.465 e. The monoisotopic (exact) mass is 499 g/mol. The van der Waals surface area contributed by atoms with E-state index in [1.165, 1.54) is 24.8 Å². The zero-order valence-corrected chi connectivity index (χ0v) is 20.8. The number of halogens is 1. The molecule has 2 aliphatic rings. The molecule has 1 saturated carbocycles. The Hall–Kier alpha value is -2.78. The van der Waals surface area contributed by atoms with Crippen molar-refractivity contribution in [1.29, 1.82) is 0 Å². The molecule has 1 aromatic carbocycles. The first-order chi connectivity index (χ1) is 16.9. The molecule has 35 heavy (non-hydrogen) atoms. The second-order valence-electron chi connectivity index (χ2n) is 8.90. The van der Waals surface area contributed by atoms with Crippen molar-refractivity contribution in [3.05, 3.63) is 59.4 Å². The number of aromatic nitrogens is 2. The summed E-state index contributed by atoms with van der Waals surface area (Å²) in [5.41, 5.74) is 1.31. The molecule has 2 heterocycles. The van der Waals surface area contributed by atoms with Crippen LogP contribution in [0.1, 0.15) is 50.5 Å². The van der Waals surface area contributed by atoms with Crippen LogP contribution in [0.5, 0.6) is 0 Å². The number of benzene rings is 1. The molecule has 1 aliphatic heterocycles. The predicted octanol–water partition coefficient (Wildman–Crippen LogP) is 4.04. The van der Waals surface area contributed by atoms with E-state index in [1.54, 1.807) is 42.1 Å². The first-order valence-electron chi connectivity index (χ1n) is 11.9. The molecular weight excluding hydrogens is 469 g/mol. The highest BCUT2D eigenvalue weighted by atomic mass is 32.2. The van der Waals surface area contributed by atoms with Crippen LogP contribution in [0.15, 0.2) is 42.2 Å². The molecule has 1 saturated heterocycles. The van der Waals surface area contributed by atoms with Gasteiger partial charge in [-0.3, -0.25) is 19.3 Å². The molecule has 1 aromatic heterocycles. The van der Waals surface area contributed by atoms with Crippen LogP contribution in [0.3, 0.4) is 0 Å². The average Bonchev–Trinajstić information content (AvgIpc) is 3.58. The second kappa shape index (κ2) is 11.3. The molecule has 1 aliphatic carbocycles. The third-order valence-corrected chi connectivity index (χ3v) is 7.42. The van der Waals surface area contributed by atoms with Crippen molar-refractivity contribution >= 4 is 34.7 Å². The summed E-state index contributed by atoms with van der Waals surface area (Å²) in [6, 6.07) is 5.79. The molecule has 0 radical (unpaired) electrons. The molecule has 2 fully saturated rings. The molecule has 0 N–H and O–H groups in total. The smallest absolute Gasteiger partial charge is 0.325 e. The Labute approximate surface area is 208 Å². The highest BCUT2D eigenvalue weighted by Gasteiger charge is 2.41. The third-order valence-electron chi connectivity index (χ3n) is 6.27. The molecule has 9 heteroatoms. The Morgan fingerprint density at radius 2 is 2.03 bits per heavy atom. The SMILES string of the molecule is CCOC(=O)Cn1ccnc1C=C1CN(C(C(=O)C2CC2)c2ccccc2F)CCC1SC(C)=O. The molecular formula is C26H30FN3O4S. The Morgan fingerprint density at radius 1 is 1.26 bits per heavy atom. The number of hydrogen-bond donors (Lipinski definition) is 0. The highest BCUT2D eigenvalue weighted by molar-refractivity contribution is 8.14. The van der Waals surface area contributed by atoms with Crippen molar-refractivity contribution in [2.45, 2.75) is 50.9 Å². The lowest BCUT2D eigenvalue weighted by atomic mass is 9.93. The summed E-state index contributed by atoms with van der Waals surface area (Å²) in [5.74, 6) is -0.155. The van der Waals surface area contributed by atoms with Crippen molar-refractivity contribution in [2.75, 3.05) is 19.7 Å². The number of ketones is 1. The number of esters is 1. The number of thioether (sulfide) groups is 1. The molecule has 0 spiro atoms. The van der Waals surface area contributed by atoms with Crippen molar-refractivity contribution in [2.24, 2.45) is 5.92 Å². The van der Waals surface area contributed by atoms with Gasteiger partial charge < -0.3 is 9.30 Å². The van der Waals surface area contributed by atoms with Crippen LogP contribution in [-0.4, -0.2) is 56.3 Å². The Balaban J connectivity index is 1.65. The van der Waals surface area contributed by atoms with Gasteiger partial charge in [-0.15, -0.1) is 0 Å². The van der Waals surface area contributed by atoms with Gasteiger partial charge in [0, 0.05) is 49.1 Å². The first-order valence-corrected chi connectivity index (χ1v) is 12.8. The zero-order chi connectivity index (χ0) is 24.9. The molecule has 2 aromatic rings. The summed E-state index contributed by atoms with van der Waals surface area (Å²) < 4.78 is 21.6. The quantitative estimate of drug-likeness (QED) is 0.482. The maximum atomic E-state index is 14.8. The lowest BCUT2D eigenvalue weighted by Crippen LogP contribution is -2.43. The van der Waals surface area contributed by atoms with E-state index in [0.29, 0.717) is 37.5 Å². The number of carbonyl (C=O) groups excluding carboxylic acids is 3. The number of piperidine rings is 1. The van der Waals surface area contributed by atoms with Gasteiger partial charge in [-0.2, -0.15) is 0 Å². The Kier molecular flexibility index (Phi) is 8.18. The van der Waals surface area contributed by atoms with Gasteiger partial charge in [0.15, 0.2) is 10.9 Å². The van der Waals surface area contributed by atoms with Gasteiger partial charge in [0.25, 0.3) is 0 Å². The fourth-order valence-electron chi connectivity index (χ4n) is 4.50. The number of rotatable bonds is 9. The summed E-state index contributed by atoms with van der Waals surface area (Å²) >= 11 is 1.25. The van der Waals surface area contributed by atoms with E-state index in [4.69, 9.17) is 4.74 Å². The van der Waals surface area contributed by atoms with E-state index in [0.717, 1.165) is 18.4 Å². The summed E-state index contributed by atoms with van der Waals surface area (Å²) in [4.78, 5) is 43.7. The van der Waals surface area contributed by atoms with Gasteiger partial charge >= 0.3 is 5.97 Å². The van der Waals surface area contributed by atoms with E-state index in [2.05, 4.69) is 4.98 Å². The van der Waals surface area contributed by atoms with Gasteiger partial charge in [0.05, 0.1) is 12.6 Å². The van der Waals surface area contributed by atoms with Gasteiger partial charge in [-0.1, -0.05) is 30.0 Å². The van der Waals surface area contributed by atoms with Gasteiger partial charge in [-0.05, 0) is 43.9 Å². The fourth-order valence-corrected chi connectivity index (χ4v) is 5.42. The minimum absolute atomic E-state index is 0.00364. The topological polar surface area (TPSA) is 81.5 Å². The first kappa shape index (κ1) is 25.3. The molecule has 0 bridgehead atoms. The van der Waals surface area contributed by atoms with Crippen LogP contribution in [0, 0.1) is 11.7 Å². The minimum atomic E-state index is -0.672. The van der Waals surface area contributed by atoms with Crippen molar-refractivity contribution < 1.29 is 23.5 Å². The second-order valence-corrected chi connectivity index (χ2v) is 10.3. The van der Waals surface area contributed by atoms with Crippen LogP contribution in [0.25, 0.3) is 6.08 Å². The highest BCUT2D eigenvalue weighted by Crippen LogP contribution is 2.40.